The van der Waals surface area contributed by atoms with Gasteiger partial charge in [-0.2, -0.15) is 0 Å². The standard InChI is InChI=1S/C28H26P2/c1-24(22-29(25-14-6-2-7-15-25)26-16-8-3-9-17-26)23-30(27-18-10-4-11-19-27)28-20-12-5-13-21-28/h2-22H,23H2,1H3. The van der Waals surface area contributed by atoms with Crippen LogP contribution in [0.25, 0.3) is 0 Å². The zero-order valence-electron chi connectivity index (χ0n) is 17.2. The van der Waals surface area contributed by atoms with E-state index in [0.29, 0.717) is 0 Å². The number of allylic oxidation sites excluding steroid dienone is 1. The first-order valence-electron chi connectivity index (χ1n) is 10.3. The average molecular weight is 424 g/mol. The van der Waals surface area contributed by atoms with Gasteiger partial charge in [-0.25, -0.2) is 0 Å². The molecular weight excluding hydrogens is 398 g/mol. The van der Waals surface area contributed by atoms with Crippen LogP contribution in [-0.4, -0.2) is 6.16 Å². The van der Waals surface area contributed by atoms with Gasteiger partial charge in [0.05, 0.1) is 0 Å². The lowest BCUT2D eigenvalue weighted by atomic mass is 10.4. The third-order valence-electron chi connectivity index (χ3n) is 4.96. The van der Waals surface area contributed by atoms with Gasteiger partial charge in [0.1, 0.15) is 0 Å². The Morgan fingerprint density at radius 3 is 1.23 bits per heavy atom. The predicted molar refractivity (Wildman–Crippen MR) is 137 cm³/mol. The summed E-state index contributed by atoms with van der Waals surface area (Å²) in [4.78, 5) is 0. The molecule has 0 bridgehead atoms. The Morgan fingerprint density at radius 2 is 0.867 bits per heavy atom. The zero-order chi connectivity index (χ0) is 20.6. The third-order valence-corrected chi connectivity index (χ3v) is 10.0. The maximum absolute atomic E-state index is 2.53. The fourth-order valence-corrected chi connectivity index (χ4v) is 8.11. The van der Waals surface area contributed by atoms with E-state index in [4.69, 9.17) is 0 Å². The summed E-state index contributed by atoms with van der Waals surface area (Å²) in [5, 5.41) is 5.69. The highest BCUT2D eigenvalue weighted by atomic mass is 31.1. The lowest BCUT2D eigenvalue weighted by molar-refractivity contribution is 1.42. The minimum atomic E-state index is -0.510. The summed E-state index contributed by atoms with van der Waals surface area (Å²) in [6.07, 6.45) is 1.09. The van der Waals surface area contributed by atoms with Crippen molar-refractivity contribution in [1.29, 1.82) is 0 Å². The van der Waals surface area contributed by atoms with E-state index in [1.165, 1.54) is 26.8 Å². The second kappa shape index (κ2) is 10.5. The number of hydrogen-bond acceptors (Lipinski definition) is 0. The predicted octanol–water partition coefficient (Wildman–Crippen LogP) is 6.16. The molecule has 4 rings (SSSR count). The van der Waals surface area contributed by atoms with Gasteiger partial charge < -0.3 is 0 Å². The van der Waals surface area contributed by atoms with Crippen LogP contribution < -0.4 is 21.2 Å². The van der Waals surface area contributed by atoms with Crippen molar-refractivity contribution in [2.75, 3.05) is 6.16 Å². The quantitative estimate of drug-likeness (QED) is 0.312. The molecular formula is C28H26P2. The molecule has 0 N–H and O–H groups in total. The molecule has 0 spiro atoms. The van der Waals surface area contributed by atoms with Crippen LogP contribution in [0.1, 0.15) is 6.92 Å². The van der Waals surface area contributed by atoms with Gasteiger partial charge in [0, 0.05) is 0 Å². The normalized spacial score (nSPS) is 11.8. The first-order valence-corrected chi connectivity index (χ1v) is 13.2. The highest BCUT2D eigenvalue weighted by Gasteiger charge is 2.16. The van der Waals surface area contributed by atoms with E-state index in [9.17, 15) is 0 Å². The summed E-state index contributed by atoms with van der Waals surface area (Å²) in [5.41, 5.74) is 1.47. The maximum Gasteiger partial charge on any atom is -0.00329 e. The van der Waals surface area contributed by atoms with E-state index < -0.39 is 15.8 Å². The molecule has 0 saturated heterocycles. The maximum atomic E-state index is 2.53. The molecule has 0 aliphatic rings. The highest BCUT2D eigenvalue weighted by molar-refractivity contribution is 7.76. The molecule has 0 aliphatic carbocycles. The largest absolute Gasteiger partial charge is 0.0673 e. The molecule has 4 aromatic rings. The Morgan fingerprint density at radius 1 is 0.533 bits per heavy atom. The summed E-state index contributed by atoms with van der Waals surface area (Å²) < 4.78 is 0. The van der Waals surface area contributed by atoms with Crippen LogP contribution in [-0.2, 0) is 0 Å². The van der Waals surface area contributed by atoms with Gasteiger partial charge in [0.15, 0.2) is 0 Å². The summed E-state index contributed by atoms with van der Waals surface area (Å²) in [7, 11) is -0.927. The lowest BCUT2D eigenvalue weighted by Crippen LogP contribution is -2.15. The van der Waals surface area contributed by atoms with Crippen LogP contribution in [0.2, 0.25) is 0 Å². The lowest BCUT2D eigenvalue weighted by Gasteiger charge is -2.21. The van der Waals surface area contributed by atoms with Crippen LogP contribution in [0.3, 0.4) is 0 Å². The molecule has 2 heteroatoms. The summed E-state index contributed by atoms with van der Waals surface area (Å²) >= 11 is 0. The molecule has 4 aromatic carbocycles. The van der Waals surface area contributed by atoms with E-state index in [-0.39, 0.29) is 0 Å². The van der Waals surface area contributed by atoms with Gasteiger partial charge in [-0.3, -0.25) is 0 Å². The minimum Gasteiger partial charge on any atom is -0.0673 e. The van der Waals surface area contributed by atoms with Gasteiger partial charge >= 0.3 is 0 Å². The second-order valence-corrected chi connectivity index (χ2v) is 11.5. The van der Waals surface area contributed by atoms with Crippen molar-refractivity contribution >= 4 is 37.1 Å². The van der Waals surface area contributed by atoms with Crippen LogP contribution in [0.4, 0.5) is 0 Å². The number of rotatable bonds is 7. The molecule has 0 heterocycles. The minimum absolute atomic E-state index is 0.417. The summed E-state index contributed by atoms with van der Waals surface area (Å²) in [5.74, 6) is 2.53. The van der Waals surface area contributed by atoms with E-state index in [0.717, 1.165) is 6.16 Å². The van der Waals surface area contributed by atoms with Crippen molar-refractivity contribution in [3.63, 3.8) is 0 Å². The van der Waals surface area contributed by atoms with Crippen molar-refractivity contribution in [2.45, 2.75) is 6.92 Å². The molecule has 0 aliphatic heterocycles. The average Bonchev–Trinajstić information content (AvgIpc) is 2.83. The Hall–Kier alpha value is -2.52. The van der Waals surface area contributed by atoms with Crippen LogP contribution in [0.5, 0.6) is 0 Å². The molecule has 0 nitrogen and oxygen atoms in total. The van der Waals surface area contributed by atoms with E-state index >= 15 is 0 Å². The molecule has 0 amide bonds. The SMILES string of the molecule is CC(=CP(c1ccccc1)c1ccccc1)CP(c1ccccc1)c1ccccc1. The van der Waals surface area contributed by atoms with E-state index in [1.807, 2.05) is 0 Å². The summed E-state index contributed by atoms with van der Waals surface area (Å²) in [6.45, 7) is 2.31. The molecule has 0 unspecified atom stereocenters. The monoisotopic (exact) mass is 424 g/mol. The second-order valence-electron chi connectivity index (χ2n) is 7.27. The third kappa shape index (κ3) is 5.34. The Balaban J connectivity index is 1.68. The zero-order valence-corrected chi connectivity index (χ0v) is 19.0. The van der Waals surface area contributed by atoms with Gasteiger partial charge in [0.2, 0.25) is 0 Å². The Kier molecular flexibility index (Phi) is 7.25. The topological polar surface area (TPSA) is 0 Å². The molecule has 0 radical (unpaired) electrons. The number of hydrogen-bond donors (Lipinski definition) is 0. The van der Waals surface area contributed by atoms with E-state index in [1.54, 1.807) is 0 Å². The van der Waals surface area contributed by atoms with Crippen molar-refractivity contribution < 1.29 is 0 Å². The first kappa shape index (κ1) is 20.7. The smallest absolute Gasteiger partial charge is 0.00329 e. The Bertz CT molecular complexity index is 980. The van der Waals surface area contributed by atoms with Crippen molar-refractivity contribution in [3.05, 3.63) is 133 Å². The van der Waals surface area contributed by atoms with Gasteiger partial charge in [-0.05, 0) is 50.1 Å². The van der Waals surface area contributed by atoms with Gasteiger partial charge in [0.25, 0.3) is 0 Å². The molecule has 0 fully saturated rings. The Labute approximate surface area is 182 Å². The fraction of sp³-hybridized carbons (Fsp3) is 0.0714. The first-order chi connectivity index (χ1) is 14.8. The van der Waals surface area contributed by atoms with Crippen LogP contribution >= 0.6 is 15.8 Å². The molecule has 0 aromatic heterocycles. The molecule has 148 valence electrons. The fourth-order valence-electron chi connectivity index (χ4n) is 3.53. The molecule has 30 heavy (non-hydrogen) atoms. The molecule has 0 atom stereocenters. The van der Waals surface area contributed by atoms with Crippen LogP contribution in [0, 0.1) is 0 Å². The van der Waals surface area contributed by atoms with Crippen molar-refractivity contribution in [3.8, 4) is 0 Å². The number of benzene rings is 4. The highest BCUT2D eigenvalue weighted by Crippen LogP contribution is 2.41. The summed E-state index contributed by atoms with van der Waals surface area (Å²) in [6, 6.07) is 43.8. The van der Waals surface area contributed by atoms with Gasteiger partial charge in [-0.15, -0.1) is 0 Å². The van der Waals surface area contributed by atoms with Crippen molar-refractivity contribution in [1.82, 2.24) is 0 Å². The molecule has 0 saturated carbocycles. The van der Waals surface area contributed by atoms with Crippen molar-refractivity contribution in [2.24, 2.45) is 0 Å². The van der Waals surface area contributed by atoms with Crippen LogP contribution in [0.15, 0.2) is 133 Å². The van der Waals surface area contributed by atoms with Gasteiger partial charge in [-0.1, -0.05) is 133 Å². The van der Waals surface area contributed by atoms with E-state index in [2.05, 4.69) is 134 Å².